The predicted molar refractivity (Wildman–Crippen MR) is 233 cm³/mol. The van der Waals surface area contributed by atoms with Gasteiger partial charge in [0.1, 0.15) is 34.8 Å². The number of fused-ring (bicyclic) bond motifs is 4. The second kappa shape index (κ2) is 17.3. The summed E-state index contributed by atoms with van der Waals surface area (Å²) in [6.07, 6.45) is 7.96. The average Bonchev–Trinajstić information content (AvgIpc) is 3.83. The molecular weight excluding hydrogens is 821 g/mol. The van der Waals surface area contributed by atoms with Crippen LogP contribution in [0.4, 0.5) is 28.9 Å². The Morgan fingerprint density at radius 2 is 0.934 bits per heavy atom. The van der Waals surface area contributed by atoms with Crippen molar-refractivity contribution < 1.29 is 36.6 Å². The minimum absolute atomic E-state index is 0.201. The molecule has 2 aliphatic rings. The SMILES string of the molecule is O=C(Oc1cccc2c1C1(CC2)CCc2cccc(OC(=O)c3cc(F)c(C=Cc4ccc(N=C=S)cc4)c(F)c3)c21)c1cc(F)c(C=Cc2ccc(N=C=S)cc2)c(F)c1. The number of aliphatic imine (C=N–C) groups is 2. The highest BCUT2D eigenvalue weighted by molar-refractivity contribution is 7.78. The molecule has 12 heteroatoms. The van der Waals surface area contributed by atoms with Crippen LogP contribution < -0.4 is 9.47 Å². The Morgan fingerprint density at radius 3 is 1.30 bits per heavy atom. The third-order valence-electron chi connectivity index (χ3n) is 10.9. The molecule has 6 aromatic carbocycles. The Bertz CT molecular complexity index is 2670. The molecule has 61 heavy (non-hydrogen) atoms. The zero-order valence-electron chi connectivity index (χ0n) is 31.9. The van der Waals surface area contributed by atoms with Crippen LogP contribution in [0.1, 0.15) is 78.1 Å². The van der Waals surface area contributed by atoms with Crippen molar-refractivity contribution in [3.8, 4) is 11.5 Å². The minimum atomic E-state index is -0.964. The number of aryl methyl sites for hydroxylation is 2. The highest BCUT2D eigenvalue weighted by atomic mass is 32.1. The Hall–Kier alpha value is -6.94. The normalized spacial score (nSPS) is 15.0. The summed E-state index contributed by atoms with van der Waals surface area (Å²) < 4.78 is 73.2. The number of esters is 2. The first-order valence-electron chi connectivity index (χ1n) is 19.0. The molecule has 0 N–H and O–H groups in total. The zero-order valence-corrected chi connectivity index (χ0v) is 33.5. The van der Waals surface area contributed by atoms with Crippen LogP contribution in [0.3, 0.4) is 0 Å². The fraction of sp³-hybridized carbons (Fsp3) is 0.102. The molecule has 0 atom stereocenters. The van der Waals surface area contributed by atoms with Crippen molar-refractivity contribution in [2.45, 2.75) is 31.1 Å². The lowest BCUT2D eigenvalue weighted by atomic mass is 9.76. The van der Waals surface area contributed by atoms with Gasteiger partial charge in [0, 0.05) is 27.7 Å². The molecule has 6 aromatic rings. The predicted octanol–water partition coefficient (Wildman–Crippen LogP) is 12.7. The number of rotatable bonds is 10. The lowest BCUT2D eigenvalue weighted by Crippen LogP contribution is -2.25. The molecule has 1 spiro atoms. The second-order valence-corrected chi connectivity index (χ2v) is 14.8. The van der Waals surface area contributed by atoms with Gasteiger partial charge in [-0.3, -0.25) is 0 Å². The summed E-state index contributed by atoms with van der Waals surface area (Å²) in [6.45, 7) is 0. The molecular formula is C49H30F4N2O4S2. The van der Waals surface area contributed by atoms with Gasteiger partial charge < -0.3 is 9.47 Å². The van der Waals surface area contributed by atoms with E-state index in [2.05, 4.69) is 44.7 Å². The molecule has 2 aliphatic carbocycles. The van der Waals surface area contributed by atoms with Crippen molar-refractivity contribution in [1.29, 1.82) is 0 Å². The highest BCUT2D eigenvalue weighted by Gasteiger charge is 2.49. The largest absolute Gasteiger partial charge is 0.423 e. The fourth-order valence-electron chi connectivity index (χ4n) is 8.10. The Balaban J connectivity index is 1.03. The van der Waals surface area contributed by atoms with Gasteiger partial charge in [-0.25, -0.2) is 27.2 Å². The highest BCUT2D eigenvalue weighted by Crippen LogP contribution is 2.57. The van der Waals surface area contributed by atoms with E-state index in [-0.39, 0.29) is 33.8 Å². The Morgan fingerprint density at radius 1 is 0.557 bits per heavy atom. The molecule has 0 aliphatic heterocycles. The van der Waals surface area contributed by atoms with Crippen LogP contribution in [-0.4, -0.2) is 22.3 Å². The number of isothiocyanates is 2. The van der Waals surface area contributed by atoms with Crippen molar-refractivity contribution in [2.75, 3.05) is 0 Å². The van der Waals surface area contributed by atoms with Crippen LogP contribution in [0.5, 0.6) is 11.5 Å². The first kappa shape index (κ1) is 40.8. The molecule has 0 saturated heterocycles. The van der Waals surface area contributed by atoms with E-state index in [1.54, 1.807) is 72.8 Å². The van der Waals surface area contributed by atoms with Gasteiger partial charge in [0.05, 0.1) is 32.8 Å². The van der Waals surface area contributed by atoms with Crippen LogP contribution in [-0.2, 0) is 18.3 Å². The molecule has 6 nitrogen and oxygen atoms in total. The van der Waals surface area contributed by atoms with Crippen LogP contribution in [0.2, 0.25) is 0 Å². The van der Waals surface area contributed by atoms with E-state index in [1.807, 2.05) is 12.1 Å². The van der Waals surface area contributed by atoms with Crippen molar-refractivity contribution in [2.24, 2.45) is 9.98 Å². The van der Waals surface area contributed by atoms with E-state index in [1.165, 1.54) is 24.3 Å². The summed E-state index contributed by atoms with van der Waals surface area (Å²) in [6, 6.07) is 27.8. The number of halogens is 4. The third-order valence-corrected chi connectivity index (χ3v) is 11.1. The van der Waals surface area contributed by atoms with Crippen molar-refractivity contribution in [1.82, 2.24) is 0 Å². The molecule has 0 amide bonds. The summed E-state index contributed by atoms with van der Waals surface area (Å²) in [4.78, 5) is 35.0. The van der Waals surface area contributed by atoms with Gasteiger partial charge in [-0.2, -0.15) is 9.98 Å². The van der Waals surface area contributed by atoms with Crippen LogP contribution >= 0.6 is 24.4 Å². The van der Waals surface area contributed by atoms with Gasteiger partial charge in [-0.15, -0.1) is 0 Å². The van der Waals surface area contributed by atoms with E-state index in [9.17, 15) is 9.59 Å². The average molecular weight is 851 g/mol. The van der Waals surface area contributed by atoms with E-state index in [4.69, 9.17) is 9.47 Å². The maximum atomic E-state index is 15.3. The fourth-order valence-corrected chi connectivity index (χ4v) is 8.31. The smallest absolute Gasteiger partial charge is 0.343 e. The first-order chi connectivity index (χ1) is 29.6. The lowest BCUT2D eigenvalue weighted by Gasteiger charge is -2.29. The van der Waals surface area contributed by atoms with Crippen LogP contribution in [0.15, 0.2) is 119 Å². The number of carbonyl (C=O) groups is 2. The molecule has 0 heterocycles. The molecule has 8 rings (SSSR count). The molecule has 0 fully saturated rings. The Labute approximate surface area is 358 Å². The van der Waals surface area contributed by atoms with Gasteiger partial charge in [-0.05, 0) is 145 Å². The maximum Gasteiger partial charge on any atom is 0.343 e. The number of hydrogen-bond acceptors (Lipinski definition) is 8. The molecule has 0 saturated carbocycles. The maximum absolute atomic E-state index is 15.3. The molecule has 0 aromatic heterocycles. The van der Waals surface area contributed by atoms with Gasteiger partial charge >= 0.3 is 11.9 Å². The van der Waals surface area contributed by atoms with E-state index in [0.717, 1.165) is 35.4 Å². The minimum Gasteiger partial charge on any atom is -0.423 e. The number of nitrogens with zero attached hydrogens (tertiary/aromatic N) is 2. The van der Waals surface area contributed by atoms with Crippen molar-refractivity contribution >= 4 is 82.4 Å². The topological polar surface area (TPSA) is 77.3 Å². The number of hydrogen-bond donors (Lipinski definition) is 0. The number of benzene rings is 6. The van der Waals surface area contributed by atoms with E-state index < -0.39 is 40.6 Å². The van der Waals surface area contributed by atoms with Gasteiger partial charge in [-0.1, -0.05) is 60.7 Å². The van der Waals surface area contributed by atoms with Crippen LogP contribution in [0, 0.1) is 23.3 Å². The molecule has 300 valence electrons. The summed E-state index contributed by atoms with van der Waals surface area (Å²) in [7, 11) is 0. The monoisotopic (exact) mass is 850 g/mol. The van der Waals surface area contributed by atoms with E-state index in [0.29, 0.717) is 59.3 Å². The molecule has 0 bridgehead atoms. The molecule has 0 radical (unpaired) electrons. The summed E-state index contributed by atoms with van der Waals surface area (Å²) in [5.74, 6) is -5.35. The third kappa shape index (κ3) is 8.31. The molecule has 0 unspecified atom stereocenters. The Kier molecular flexibility index (Phi) is 11.6. The number of ether oxygens (including phenoxy) is 2. The summed E-state index contributed by atoms with van der Waals surface area (Å²) in [5, 5.41) is 4.55. The lowest BCUT2D eigenvalue weighted by molar-refractivity contribution is 0.0724. The number of thiocarbonyl (C=S) groups is 2. The first-order valence-corrected chi connectivity index (χ1v) is 19.8. The van der Waals surface area contributed by atoms with Gasteiger partial charge in [0.25, 0.3) is 0 Å². The summed E-state index contributed by atoms with van der Waals surface area (Å²) in [5.41, 5.74) is 3.57. The van der Waals surface area contributed by atoms with Crippen LogP contribution in [0.25, 0.3) is 24.3 Å². The number of carbonyl (C=O) groups excluding carboxylic acids is 2. The van der Waals surface area contributed by atoms with Crippen molar-refractivity contribution in [3.63, 3.8) is 0 Å². The standard InChI is InChI=1S/C49H30F4N2O4S2/c50-39-23-33(24-40(51)37(39)17-11-29-7-13-35(14-8-29)54-27-60)47(56)58-43-5-1-3-31-19-21-49(45(31)43)22-20-32-4-2-6-44(46(32)49)59-48(57)34-25-41(52)38(42(53)26-34)18-12-30-9-15-36(16-10-30)55-28-61/h1-18,23-26H,19-22H2. The zero-order chi connectivity index (χ0) is 42.7. The van der Waals surface area contributed by atoms with Crippen molar-refractivity contribution in [3.05, 3.63) is 188 Å². The van der Waals surface area contributed by atoms with Gasteiger partial charge in [0.15, 0.2) is 0 Å². The summed E-state index contributed by atoms with van der Waals surface area (Å²) >= 11 is 9.22. The van der Waals surface area contributed by atoms with Gasteiger partial charge in [0.2, 0.25) is 0 Å². The second-order valence-electron chi connectivity index (χ2n) is 14.4. The quantitative estimate of drug-likeness (QED) is 0.0341. The van der Waals surface area contributed by atoms with E-state index >= 15 is 17.6 Å².